The number of nitrogens with zero attached hydrogens (tertiary/aromatic N) is 3. The van der Waals surface area contributed by atoms with E-state index in [1.165, 1.54) is 6.20 Å². The molecule has 0 saturated carbocycles. The van der Waals surface area contributed by atoms with Gasteiger partial charge in [-0.15, -0.1) is 0 Å². The Kier molecular flexibility index (Phi) is 6.12. The number of ether oxygens (including phenoxy) is 2. The maximum atomic E-state index is 13.1. The maximum Gasteiger partial charge on any atom is 0.261 e. The molecule has 164 valence electrons. The zero-order valence-corrected chi connectivity index (χ0v) is 18.7. The third-order valence-electron chi connectivity index (χ3n) is 5.31. The van der Waals surface area contributed by atoms with Crippen LogP contribution >= 0.6 is 15.9 Å². The number of morpholine rings is 1. The van der Waals surface area contributed by atoms with Crippen LogP contribution in [0.2, 0.25) is 0 Å². The van der Waals surface area contributed by atoms with E-state index < -0.39 is 11.5 Å². The van der Waals surface area contributed by atoms with Gasteiger partial charge in [-0.1, -0.05) is 0 Å². The Hall–Kier alpha value is -2.69. The molecule has 2 aliphatic heterocycles. The van der Waals surface area contributed by atoms with Crippen molar-refractivity contribution in [1.29, 1.82) is 0 Å². The summed E-state index contributed by atoms with van der Waals surface area (Å²) in [7, 11) is 0. The van der Waals surface area contributed by atoms with Crippen molar-refractivity contribution in [3.05, 3.63) is 46.6 Å². The normalized spacial score (nSPS) is 20.9. The van der Waals surface area contributed by atoms with Crippen LogP contribution in [0.5, 0.6) is 5.75 Å². The van der Waals surface area contributed by atoms with Crippen LogP contribution in [0, 0.1) is 0 Å². The van der Waals surface area contributed by atoms with Crippen molar-refractivity contribution in [1.82, 2.24) is 9.97 Å². The number of aliphatic hydroxyl groups is 1. The van der Waals surface area contributed by atoms with Gasteiger partial charge in [0.1, 0.15) is 11.4 Å². The van der Waals surface area contributed by atoms with Gasteiger partial charge in [0.05, 0.1) is 41.2 Å². The molecule has 0 radical (unpaired) electrons. The zero-order chi connectivity index (χ0) is 22.0. The van der Waals surface area contributed by atoms with Crippen molar-refractivity contribution in [2.45, 2.75) is 18.9 Å². The molecule has 2 aromatic rings. The molecule has 1 fully saturated rings. The van der Waals surface area contributed by atoms with Gasteiger partial charge in [-0.05, 0) is 28.9 Å². The first-order valence-corrected chi connectivity index (χ1v) is 10.7. The number of benzene rings is 1. The average Bonchev–Trinajstić information content (AvgIpc) is 3.11. The molecule has 0 bridgehead atoms. The highest BCUT2D eigenvalue weighted by molar-refractivity contribution is 9.10. The Morgan fingerprint density at radius 2 is 2.06 bits per heavy atom. The van der Waals surface area contributed by atoms with E-state index in [1.54, 1.807) is 12.4 Å². The fourth-order valence-electron chi connectivity index (χ4n) is 3.70. The number of anilines is 2. The van der Waals surface area contributed by atoms with E-state index >= 15 is 0 Å². The topological polar surface area (TPSA) is 123 Å². The van der Waals surface area contributed by atoms with Gasteiger partial charge in [0.25, 0.3) is 5.91 Å². The summed E-state index contributed by atoms with van der Waals surface area (Å²) in [6.45, 7) is 4.33. The van der Waals surface area contributed by atoms with Gasteiger partial charge in [-0.25, -0.2) is 9.97 Å². The molecule has 1 aromatic heterocycles. The van der Waals surface area contributed by atoms with Gasteiger partial charge in [0, 0.05) is 49.7 Å². The molecule has 1 atom stereocenters. The van der Waals surface area contributed by atoms with Gasteiger partial charge in [0.2, 0.25) is 0 Å². The molecule has 0 spiro atoms. The van der Waals surface area contributed by atoms with E-state index in [4.69, 9.17) is 15.2 Å². The van der Waals surface area contributed by atoms with Crippen molar-refractivity contribution >= 4 is 38.8 Å². The van der Waals surface area contributed by atoms with Gasteiger partial charge >= 0.3 is 0 Å². The monoisotopic (exact) mass is 489 g/mol. The number of aliphatic hydroxyl groups excluding tert-OH is 1. The minimum atomic E-state index is -0.680. The van der Waals surface area contributed by atoms with Crippen molar-refractivity contribution in [3.63, 3.8) is 0 Å². The SMILES string of the molecule is CC1(CO)Cc2cc(NC(=O)C(=CN)c3ncc(Br)cn3)c(N3CCOCC3)cc2O1. The van der Waals surface area contributed by atoms with Crippen molar-refractivity contribution in [2.75, 3.05) is 43.1 Å². The molecule has 0 aliphatic carbocycles. The lowest BCUT2D eigenvalue weighted by atomic mass is 9.99. The molecule has 1 unspecified atom stereocenters. The maximum absolute atomic E-state index is 13.1. The van der Waals surface area contributed by atoms with Crippen LogP contribution in [0.15, 0.2) is 35.2 Å². The number of hydrogen-bond acceptors (Lipinski definition) is 8. The molecule has 31 heavy (non-hydrogen) atoms. The third-order valence-corrected chi connectivity index (χ3v) is 5.72. The summed E-state index contributed by atoms with van der Waals surface area (Å²) >= 11 is 3.28. The highest BCUT2D eigenvalue weighted by Crippen LogP contribution is 2.42. The number of aromatic nitrogens is 2. The number of hydrogen-bond donors (Lipinski definition) is 3. The van der Waals surface area contributed by atoms with Crippen LogP contribution in [0.3, 0.4) is 0 Å². The third kappa shape index (κ3) is 4.51. The highest BCUT2D eigenvalue weighted by Gasteiger charge is 2.35. The Balaban J connectivity index is 1.67. The predicted octanol–water partition coefficient (Wildman–Crippen LogP) is 1.70. The second kappa shape index (κ2) is 8.81. The van der Waals surface area contributed by atoms with Crippen LogP contribution in [0.1, 0.15) is 18.3 Å². The van der Waals surface area contributed by atoms with Crippen LogP contribution < -0.4 is 20.7 Å². The molecule has 3 heterocycles. The van der Waals surface area contributed by atoms with E-state index in [1.807, 2.05) is 19.1 Å². The summed E-state index contributed by atoms with van der Waals surface area (Å²) in [5.41, 5.74) is 7.59. The Morgan fingerprint density at radius 3 is 2.71 bits per heavy atom. The fraction of sp³-hybridized carbons (Fsp3) is 0.381. The van der Waals surface area contributed by atoms with Crippen molar-refractivity contribution < 1.29 is 19.4 Å². The molecule has 1 amide bonds. The summed E-state index contributed by atoms with van der Waals surface area (Å²) in [6, 6.07) is 3.81. The Morgan fingerprint density at radius 1 is 1.35 bits per heavy atom. The number of nitrogens with one attached hydrogen (secondary N) is 1. The van der Waals surface area contributed by atoms with Crippen LogP contribution in [0.4, 0.5) is 11.4 Å². The molecule has 1 aromatic carbocycles. The second-order valence-corrected chi connectivity index (χ2v) is 8.64. The molecular weight excluding hydrogens is 466 g/mol. The quantitative estimate of drug-likeness (QED) is 0.542. The lowest BCUT2D eigenvalue weighted by Gasteiger charge is -2.31. The summed E-state index contributed by atoms with van der Waals surface area (Å²) in [4.78, 5) is 23.6. The molecule has 9 nitrogen and oxygen atoms in total. The number of rotatable bonds is 5. The van der Waals surface area contributed by atoms with E-state index in [-0.39, 0.29) is 18.0 Å². The van der Waals surface area contributed by atoms with Gasteiger partial charge in [-0.2, -0.15) is 0 Å². The Labute approximate surface area is 188 Å². The van der Waals surface area contributed by atoms with Crippen molar-refractivity contribution in [2.24, 2.45) is 5.73 Å². The summed E-state index contributed by atoms with van der Waals surface area (Å²) in [6.07, 6.45) is 4.86. The lowest BCUT2D eigenvalue weighted by Crippen LogP contribution is -2.37. The minimum Gasteiger partial charge on any atom is -0.484 e. The highest BCUT2D eigenvalue weighted by atomic mass is 79.9. The standard InChI is InChI=1S/C21H24BrN5O4/c1-21(12-28)8-13-6-16(17(7-18(13)31-21)27-2-4-30-5-3-27)26-20(29)15(9-23)19-24-10-14(22)11-25-19/h6-7,9-11,28H,2-5,8,12,23H2,1H3,(H,26,29). The van der Waals surface area contributed by atoms with Crippen LogP contribution in [0.25, 0.3) is 5.57 Å². The van der Waals surface area contributed by atoms with Crippen molar-refractivity contribution in [3.8, 4) is 5.75 Å². The Bertz CT molecular complexity index is 1010. The van der Waals surface area contributed by atoms with E-state index in [2.05, 4.69) is 36.1 Å². The van der Waals surface area contributed by atoms with Gasteiger partial charge in [-0.3, -0.25) is 4.79 Å². The van der Waals surface area contributed by atoms with Crippen LogP contribution in [-0.2, 0) is 16.0 Å². The smallest absolute Gasteiger partial charge is 0.261 e. The van der Waals surface area contributed by atoms with Crippen LogP contribution in [-0.4, -0.2) is 59.5 Å². The molecular formula is C21H24BrN5O4. The number of halogens is 1. The lowest BCUT2D eigenvalue weighted by molar-refractivity contribution is -0.111. The average molecular weight is 490 g/mol. The van der Waals surface area contributed by atoms with Gasteiger partial charge < -0.3 is 30.5 Å². The summed E-state index contributed by atoms with van der Waals surface area (Å²) in [5, 5.41) is 12.7. The summed E-state index contributed by atoms with van der Waals surface area (Å²) < 4.78 is 12.2. The first-order valence-electron chi connectivity index (χ1n) is 9.93. The number of carbonyl (C=O) groups excluding carboxylic acids is 1. The number of fused-ring (bicyclic) bond motifs is 1. The predicted molar refractivity (Wildman–Crippen MR) is 120 cm³/mol. The van der Waals surface area contributed by atoms with E-state index in [0.29, 0.717) is 48.6 Å². The molecule has 2 aliphatic rings. The summed E-state index contributed by atoms with van der Waals surface area (Å²) in [5.74, 6) is 0.526. The fourth-order valence-corrected chi connectivity index (χ4v) is 3.90. The zero-order valence-electron chi connectivity index (χ0n) is 17.1. The number of amides is 1. The molecule has 4 rings (SSSR count). The second-order valence-electron chi connectivity index (χ2n) is 7.72. The molecule has 1 saturated heterocycles. The van der Waals surface area contributed by atoms with Gasteiger partial charge in [0.15, 0.2) is 5.82 Å². The molecule has 10 heteroatoms. The van der Waals surface area contributed by atoms with E-state index in [0.717, 1.165) is 11.3 Å². The minimum absolute atomic E-state index is 0.1000. The first-order chi connectivity index (χ1) is 14.9. The largest absolute Gasteiger partial charge is 0.484 e. The molecule has 4 N–H and O–H groups in total. The first kappa shape index (κ1) is 21.5. The number of carbonyl (C=O) groups is 1. The number of nitrogens with two attached hydrogens (primary N) is 1. The van der Waals surface area contributed by atoms with E-state index in [9.17, 15) is 9.90 Å².